The van der Waals surface area contributed by atoms with E-state index in [-0.39, 0.29) is 6.54 Å². The van der Waals surface area contributed by atoms with Crippen LogP contribution in [0.1, 0.15) is 18.1 Å². The molecular weight excluding hydrogens is 284 g/mol. The molecule has 2 aromatic rings. The van der Waals surface area contributed by atoms with Gasteiger partial charge in [-0.1, -0.05) is 47.0 Å². The van der Waals surface area contributed by atoms with Crippen molar-refractivity contribution < 1.29 is 0 Å². The average molecular weight is 297 g/mol. The van der Waals surface area contributed by atoms with E-state index in [4.69, 9.17) is 17.1 Å². The van der Waals surface area contributed by atoms with Crippen LogP contribution < -0.4 is 0 Å². The van der Waals surface area contributed by atoms with Crippen LogP contribution >= 0.6 is 11.6 Å². The molecule has 0 heterocycles. The normalized spacial score (nSPS) is 9.43. The van der Waals surface area contributed by atoms with Crippen LogP contribution in [0.4, 0.5) is 5.69 Å². The highest BCUT2D eigenvalue weighted by molar-refractivity contribution is 6.30. The summed E-state index contributed by atoms with van der Waals surface area (Å²) in [4.78, 5) is 7.11. The SMILES string of the molecule is CC(=C=Nc1ccc(Cl)cc1CN=[N+]=[N-])c1ccccc1. The van der Waals surface area contributed by atoms with Crippen LogP contribution in [0.15, 0.2) is 58.6 Å². The lowest BCUT2D eigenvalue weighted by molar-refractivity contribution is 1.05. The minimum Gasteiger partial charge on any atom is -0.206 e. The van der Waals surface area contributed by atoms with E-state index in [9.17, 15) is 0 Å². The molecule has 0 aliphatic carbocycles. The molecule has 0 atom stereocenters. The van der Waals surface area contributed by atoms with Gasteiger partial charge in [-0.15, -0.1) is 0 Å². The molecule has 2 rings (SSSR count). The first-order valence-corrected chi connectivity index (χ1v) is 6.73. The van der Waals surface area contributed by atoms with Crippen molar-refractivity contribution in [2.45, 2.75) is 13.5 Å². The summed E-state index contributed by atoms with van der Waals surface area (Å²) >= 11 is 5.95. The molecule has 4 nitrogen and oxygen atoms in total. The Morgan fingerprint density at radius 3 is 2.71 bits per heavy atom. The Morgan fingerprint density at radius 2 is 2.00 bits per heavy atom. The van der Waals surface area contributed by atoms with Crippen molar-refractivity contribution in [2.24, 2.45) is 10.1 Å². The van der Waals surface area contributed by atoms with Crippen molar-refractivity contribution in [2.75, 3.05) is 0 Å². The molecule has 2 aromatic carbocycles. The summed E-state index contributed by atoms with van der Waals surface area (Å²) in [5.74, 6) is 3.02. The fourth-order valence-corrected chi connectivity index (χ4v) is 1.99. The largest absolute Gasteiger partial charge is 0.206 e. The summed E-state index contributed by atoms with van der Waals surface area (Å²) in [5, 5.41) is 4.14. The zero-order chi connectivity index (χ0) is 15.1. The molecule has 0 saturated carbocycles. The van der Waals surface area contributed by atoms with E-state index < -0.39 is 0 Å². The monoisotopic (exact) mass is 296 g/mol. The minimum atomic E-state index is 0.210. The van der Waals surface area contributed by atoms with Crippen molar-refractivity contribution in [1.29, 1.82) is 0 Å². The van der Waals surface area contributed by atoms with Gasteiger partial charge < -0.3 is 0 Å². The van der Waals surface area contributed by atoms with E-state index in [0.717, 1.165) is 16.7 Å². The van der Waals surface area contributed by atoms with Crippen LogP contribution in [0.25, 0.3) is 16.0 Å². The van der Waals surface area contributed by atoms with Crippen molar-refractivity contribution >= 4 is 28.7 Å². The number of allylic oxidation sites excluding steroid dienone is 1. The van der Waals surface area contributed by atoms with Gasteiger partial charge in [-0.25, -0.2) is 4.99 Å². The molecule has 0 N–H and O–H groups in total. The van der Waals surface area contributed by atoms with Crippen LogP contribution in [0, 0.1) is 0 Å². The lowest BCUT2D eigenvalue weighted by Crippen LogP contribution is -1.83. The third-order valence-electron chi connectivity index (χ3n) is 2.90. The second-order valence-corrected chi connectivity index (χ2v) is 4.81. The summed E-state index contributed by atoms with van der Waals surface area (Å²) in [6.45, 7) is 2.16. The summed E-state index contributed by atoms with van der Waals surface area (Å²) < 4.78 is 0. The van der Waals surface area contributed by atoms with Gasteiger partial charge in [-0.05, 0) is 47.7 Å². The molecule has 0 amide bonds. The van der Waals surface area contributed by atoms with Gasteiger partial charge in [0.2, 0.25) is 0 Å². The highest BCUT2D eigenvalue weighted by Crippen LogP contribution is 2.24. The molecule has 0 bridgehead atoms. The first-order valence-electron chi connectivity index (χ1n) is 6.35. The Labute approximate surface area is 128 Å². The maximum absolute atomic E-state index is 8.43. The third-order valence-corrected chi connectivity index (χ3v) is 3.13. The third kappa shape index (κ3) is 4.23. The van der Waals surface area contributed by atoms with Gasteiger partial charge in [-0.3, -0.25) is 0 Å². The Balaban J connectivity index is 2.38. The van der Waals surface area contributed by atoms with Crippen molar-refractivity contribution in [3.8, 4) is 0 Å². The predicted molar refractivity (Wildman–Crippen MR) is 86.9 cm³/mol. The summed E-state index contributed by atoms with van der Waals surface area (Å²) in [6, 6.07) is 15.2. The Hall–Kier alpha value is -2.51. The maximum atomic E-state index is 8.43. The van der Waals surface area contributed by atoms with Gasteiger partial charge in [0.25, 0.3) is 0 Å². The van der Waals surface area contributed by atoms with E-state index >= 15 is 0 Å². The second-order valence-electron chi connectivity index (χ2n) is 4.38. The zero-order valence-corrected chi connectivity index (χ0v) is 12.2. The number of halogens is 1. The first kappa shape index (κ1) is 14.9. The average Bonchev–Trinajstić information content (AvgIpc) is 2.52. The molecule has 5 heteroatoms. The number of nitrogens with zero attached hydrogens (tertiary/aromatic N) is 4. The fourth-order valence-electron chi connectivity index (χ4n) is 1.79. The van der Waals surface area contributed by atoms with E-state index in [2.05, 4.69) is 20.9 Å². The van der Waals surface area contributed by atoms with Crippen LogP contribution in [-0.4, -0.2) is 5.87 Å². The fraction of sp³-hybridized carbons (Fsp3) is 0.125. The predicted octanol–water partition coefficient (Wildman–Crippen LogP) is 5.56. The van der Waals surface area contributed by atoms with Crippen LogP contribution in [-0.2, 0) is 6.54 Å². The molecule has 0 radical (unpaired) electrons. The molecule has 104 valence electrons. The van der Waals surface area contributed by atoms with Gasteiger partial charge >= 0.3 is 0 Å². The molecule has 0 unspecified atom stereocenters. The van der Waals surface area contributed by atoms with Crippen LogP contribution in [0.2, 0.25) is 5.02 Å². The van der Waals surface area contributed by atoms with E-state index in [1.54, 1.807) is 18.2 Å². The maximum Gasteiger partial charge on any atom is 0.0764 e. The smallest absolute Gasteiger partial charge is 0.0764 e. The summed E-state index contributed by atoms with van der Waals surface area (Å²) in [7, 11) is 0. The zero-order valence-electron chi connectivity index (χ0n) is 11.5. The van der Waals surface area contributed by atoms with Crippen molar-refractivity contribution in [1.82, 2.24) is 0 Å². The summed E-state index contributed by atoms with van der Waals surface area (Å²) in [6.07, 6.45) is 0. The molecule has 0 aliphatic rings. The molecule has 21 heavy (non-hydrogen) atoms. The molecule has 0 spiro atoms. The number of hydrogen-bond donors (Lipinski definition) is 0. The Morgan fingerprint density at radius 1 is 1.24 bits per heavy atom. The van der Waals surface area contributed by atoms with E-state index in [1.165, 1.54) is 0 Å². The van der Waals surface area contributed by atoms with Crippen molar-refractivity contribution in [3.05, 3.63) is 75.1 Å². The number of benzene rings is 2. The molecule has 0 aromatic heterocycles. The highest BCUT2D eigenvalue weighted by atomic mass is 35.5. The Bertz CT molecular complexity index is 740. The van der Waals surface area contributed by atoms with Gasteiger partial charge in [0.15, 0.2) is 0 Å². The highest BCUT2D eigenvalue weighted by Gasteiger charge is 2.01. The van der Waals surface area contributed by atoms with Crippen LogP contribution in [0.3, 0.4) is 0 Å². The van der Waals surface area contributed by atoms with Gasteiger partial charge in [-0.2, -0.15) is 0 Å². The van der Waals surface area contributed by atoms with E-state index in [0.29, 0.717) is 10.7 Å². The molecule has 0 fully saturated rings. The van der Waals surface area contributed by atoms with Gasteiger partial charge in [0, 0.05) is 15.5 Å². The standard InChI is InChI=1S/C16H13ClN4/c1-12(13-5-3-2-4-6-13)10-19-16-8-7-15(17)9-14(16)11-20-21-18/h2-9H,11H2,1H3. The first-order chi connectivity index (χ1) is 10.2. The number of azide groups is 1. The topological polar surface area (TPSA) is 61.1 Å². The van der Waals surface area contributed by atoms with Crippen LogP contribution in [0.5, 0.6) is 0 Å². The number of hydrogen-bond acceptors (Lipinski definition) is 2. The van der Waals surface area contributed by atoms with Gasteiger partial charge in [0.05, 0.1) is 12.2 Å². The second kappa shape index (κ2) is 7.32. The lowest BCUT2D eigenvalue weighted by Gasteiger charge is -2.02. The van der Waals surface area contributed by atoms with Crippen molar-refractivity contribution in [3.63, 3.8) is 0 Å². The molecule has 0 aliphatic heterocycles. The van der Waals surface area contributed by atoms with Gasteiger partial charge in [0.1, 0.15) is 0 Å². The quantitative estimate of drug-likeness (QED) is 0.307. The van der Waals surface area contributed by atoms with E-state index in [1.807, 2.05) is 37.3 Å². The summed E-state index contributed by atoms with van der Waals surface area (Å²) in [5.41, 5.74) is 11.9. The molecular formula is C16H13ClN4. The Kier molecular flexibility index (Phi) is 5.19. The minimum absolute atomic E-state index is 0.210. The number of rotatable bonds is 4. The lowest BCUT2D eigenvalue weighted by atomic mass is 10.1. The molecule has 0 saturated heterocycles. The number of aliphatic imine (C=N–C) groups is 1.